The molecule has 19 heavy (non-hydrogen) atoms. The van der Waals surface area contributed by atoms with Gasteiger partial charge in [0.05, 0.1) is 12.2 Å². The molecule has 0 aromatic heterocycles. The van der Waals surface area contributed by atoms with E-state index in [0.29, 0.717) is 6.54 Å². The summed E-state index contributed by atoms with van der Waals surface area (Å²) in [6.45, 7) is 1.98. The normalized spacial score (nSPS) is 11.2. The fourth-order valence-corrected chi connectivity index (χ4v) is 1.50. The fourth-order valence-electron chi connectivity index (χ4n) is 1.50. The predicted octanol–water partition coefficient (Wildman–Crippen LogP) is 2.55. The molecule has 1 rings (SSSR count). The number of urea groups is 1. The first-order valence-electron chi connectivity index (χ1n) is 5.72. The van der Waals surface area contributed by atoms with Crippen LogP contribution in [-0.4, -0.2) is 35.7 Å². The van der Waals surface area contributed by atoms with Crippen LogP contribution in [-0.2, 0) is 6.18 Å². The maximum atomic E-state index is 12.5. The number of halogens is 3. The van der Waals surface area contributed by atoms with Crippen molar-refractivity contribution < 1.29 is 23.1 Å². The SMILES string of the molecule is CCN(CCO)C(=O)Nc1cccc(C(F)(F)F)c1. The first-order chi connectivity index (χ1) is 8.88. The Balaban J connectivity index is 2.79. The van der Waals surface area contributed by atoms with Crippen LogP contribution in [0.4, 0.5) is 23.7 Å². The van der Waals surface area contributed by atoms with Crippen LogP contribution in [0.2, 0.25) is 0 Å². The second-order valence-electron chi connectivity index (χ2n) is 3.81. The molecule has 0 heterocycles. The molecule has 106 valence electrons. The highest BCUT2D eigenvalue weighted by atomic mass is 19.4. The van der Waals surface area contributed by atoms with E-state index in [1.165, 1.54) is 17.0 Å². The van der Waals surface area contributed by atoms with E-state index in [1.54, 1.807) is 6.92 Å². The molecule has 2 amide bonds. The summed E-state index contributed by atoms with van der Waals surface area (Å²) in [5.41, 5.74) is -0.758. The molecule has 0 unspecified atom stereocenters. The molecular formula is C12H15F3N2O2. The highest BCUT2D eigenvalue weighted by Gasteiger charge is 2.30. The Bertz CT molecular complexity index is 435. The summed E-state index contributed by atoms with van der Waals surface area (Å²) in [5.74, 6) is 0. The summed E-state index contributed by atoms with van der Waals surface area (Å²) in [7, 11) is 0. The number of amides is 2. The second kappa shape index (κ2) is 6.42. The Morgan fingerprint density at radius 2 is 2.11 bits per heavy atom. The van der Waals surface area contributed by atoms with Crippen LogP contribution in [0.1, 0.15) is 12.5 Å². The number of hydrogen-bond donors (Lipinski definition) is 2. The van der Waals surface area contributed by atoms with E-state index in [2.05, 4.69) is 5.32 Å². The highest BCUT2D eigenvalue weighted by Crippen LogP contribution is 2.30. The largest absolute Gasteiger partial charge is 0.416 e. The zero-order chi connectivity index (χ0) is 14.5. The number of carbonyl (C=O) groups is 1. The standard InChI is InChI=1S/C12H15F3N2O2/c1-2-17(6-7-18)11(19)16-10-5-3-4-9(8-10)12(13,14)15/h3-5,8,18H,2,6-7H2,1H3,(H,16,19). The summed E-state index contributed by atoms with van der Waals surface area (Å²) in [6.07, 6.45) is -4.45. The number of anilines is 1. The summed E-state index contributed by atoms with van der Waals surface area (Å²) < 4.78 is 37.5. The molecule has 0 aliphatic carbocycles. The van der Waals surface area contributed by atoms with Gasteiger partial charge in [0.25, 0.3) is 0 Å². The van der Waals surface area contributed by atoms with Gasteiger partial charge >= 0.3 is 12.2 Å². The number of aliphatic hydroxyl groups is 1. The van der Waals surface area contributed by atoms with Crippen LogP contribution in [0.5, 0.6) is 0 Å². The maximum Gasteiger partial charge on any atom is 0.416 e. The Hall–Kier alpha value is -1.76. The van der Waals surface area contributed by atoms with Gasteiger partial charge in [-0.3, -0.25) is 0 Å². The predicted molar refractivity (Wildman–Crippen MR) is 64.8 cm³/mol. The van der Waals surface area contributed by atoms with Crippen LogP contribution < -0.4 is 5.32 Å². The number of rotatable bonds is 4. The van der Waals surface area contributed by atoms with Crippen molar-refractivity contribution in [3.05, 3.63) is 29.8 Å². The molecule has 0 bridgehead atoms. The van der Waals surface area contributed by atoms with E-state index in [0.717, 1.165) is 12.1 Å². The van der Waals surface area contributed by atoms with Gasteiger partial charge in [0.2, 0.25) is 0 Å². The van der Waals surface area contributed by atoms with Crippen molar-refractivity contribution in [2.45, 2.75) is 13.1 Å². The lowest BCUT2D eigenvalue weighted by Gasteiger charge is -2.20. The van der Waals surface area contributed by atoms with Crippen LogP contribution in [0.15, 0.2) is 24.3 Å². The van der Waals surface area contributed by atoms with Crippen molar-refractivity contribution in [3.63, 3.8) is 0 Å². The maximum absolute atomic E-state index is 12.5. The topological polar surface area (TPSA) is 52.6 Å². The monoisotopic (exact) mass is 276 g/mol. The molecule has 0 saturated carbocycles. The Morgan fingerprint density at radius 1 is 1.42 bits per heavy atom. The summed E-state index contributed by atoms with van der Waals surface area (Å²) in [5, 5.41) is 11.1. The molecule has 0 fully saturated rings. The first kappa shape index (κ1) is 15.3. The van der Waals surface area contributed by atoms with Crippen LogP contribution in [0.25, 0.3) is 0 Å². The molecule has 0 aliphatic heterocycles. The smallest absolute Gasteiger partial charge is 0.395 e. The number of hydrogen-bond acceptors (Lipinski definition) is 2. The molecule has 1 aromatic rings. The molecule has 0 saturated heterocycles. The molecule has 4 nitrogen and oxygen atoms in total. The van der Waals surface area contributed by atoms with Crippen LogP contribution >= 0.6 is 0 Å². The average Bonchev–Trinajstić information content (AvgIpc) is 2.35. The van der Waals surface area contributed by atoms with Gasteiger partial charge in [0.1, 0.15) is 0 Å². The Morgan fingerprint density at radius 3 is 2.63 bits per heavy atom. The molecule has 1 aromatic carbocycles. The Kier molecular flexibility index (Phi) is 5.17. The number of likely N-dealkylation sites (N-methyl/N-ethyl adjacent to an activating group) is 1. The minimum absolute atomic E-state index is 0.0659. The van der Waals surface area contributed by atoms with Gasteiger partial charge in [0, 0.05) is 18.8 Å². The van der Waals surface area contributed by atoms with E-state index < -0.39 is 17.8 Å². The zero-order valence-electron chi connectivity index (χ0n) is 10.4. The highest BCUT2D eigenvalue weighted by molar-refractivity contribution is 5.89. The zero-order valence-corrected chi connectivity index (χ0v) is 10.4. The second-order valence-corrected chi connectivity index (χ2v) is 3.81. The number of benzene rings is 1. The van der Waals surface area contributed by atoms with Crippen LogP contribution in [0, 0.1) is 0 Å². The van der Waals surface area contributed by atoms with Gasteiger partial charge in [-0.15, -0.1) is 0 Å². The first-order valence-corrected chi connectivity index (χ1v) is 5.72. The molecule has 2 N–H and O–H groups in total. The van der Waals surface area contributed by atoms with Gasteiger partial charge in [-0.1, -0.05) is 6.07 Å². The van der Waals surface area contributed by atoms with Gasteiger partial charge in [-0.25, -0.2) is 4.79 Å². The van der Waals surface area contributed by atoms with E-state index >= 15 is 0 Å². The van der Waals surface area contributed by atoms with E-state index in [1.807, 2.05) is 0 Å². The molecule has 0 radical (unpaired) electrons. The summed E-state index contributed by atoms with van der Waals surface area (Å²) in [6, 6.07) is 3.85. The van der Waals surface area contributed by atoms with E-state index in [4.69, 9.17) is 5.11 Å². The van der Waals surface area contributed by atoms with Gasteiger partial charge in [-0.05, 0) is 25.1 Å². The minimum atomic E-state index is -4.45. The van der Waals surface area contributed by atoms with Gasteiger partial charge in [-0.2, -0.15) is 13.2 Å². The van der Waals surface area contributed by atoms with E-state index in [9.17, 15) is 18.0 Å². The van der Waals surface area contributed by atoms with Crippen LogP contribution in [0.3, 0.4) is 0 Å². The molecule has 0 aliphatic rings. The Labute approximate surface area is 108 Å². The van der Waals surface area contributed by atoms with Gasteiger partial charge < -0.3 is 15.3 Å². The van der Waals surface area contributed by atoms with Crippen molar-refractivity contribution in [2.24, 2.45) is 0 Å². The van der Waals surface area contributed by atoms with Crippen molar-refractivity contribution in [3.8, 4) is 0 Å². The molecule has 7 heteroatoms. The number of alkyl halides is 3. The minimum Gasteiger partial charge on any atom is -0.395 e. The van der Waals surface area contributed by atoms with Crippen molar-refractivity contribution in [1.29, 1.82) is 0 Å². The molecule has 0 atom stereocenters. The number of nitrogens with one attached hydrogen (secondary N) is 1. The third kappa shape index (κ3) is 4.44. The average molecular weight is 276 g/mol. The summed E-state index contributed by atoms with van der Waals surface area (Å²) in [4.78, 5) is 13.0. The molecule has 0 spiro atoms. The van der Waals surface area contributed by atoms with Crippen molar-refractivity contribution in [2.75, 3.05) is 25.0 Å². The summed E-state index contributed by atoms with van der Waals surface area (Å²) >= 11 is 0. The van der Waals surface area contributed by atoms with Crippen molar-refractivity contribution in [1.82, 2.24) is 4.90 Å². The number of aliphatic hydroxyl groups excluding tert-OH is 1. The fraction of sp³-hybridized carbons (Fsp3) is 0.417. The lowest BCUT2D eigenvalue weighted by molar-refractivity contribution is -0.137. The lowest BCUT2D eigenvalue weighted by atomic mass is 10.2. The number of carbonyl (C=O) groups excluding carboxylic acids is 1. The van der Waals surface area contributed by atoms with Gasteiger partial charge in [0.15, 0.2) is 0 Å². The third-order valence-electron chi connectivity index (χ3n) is 2.48. The van der Waals surface area contributed by atoms with E-state index in [-0.39, 0.29) is 18.8 Å². The lowest BCUT2D eigenvalue weighted by Crippen LogP contribution is -2.36. The third-order valence-corrected chi connectivity index (χ3v) is 2.48. The van der Waals surface area contributed by atoms with Crippen molar-refractivity contribution >= 4 is 11.7 Å². The number of nitrogens with zero attached hydrogens (tertiary/aromatic N) is 1. The quantitative estimate of drug-likeness (QED) is 0.888. The molecular weight excluding hydrogens is 261 g/mol.